The number of ether oxygens (including phenoxy) is 3. The summed E-state index contributed by atoms with van der Waals surface area (Å²) >= 11 is 0. The van der Waals surface area contributed by atoms with Gasteiger partial charge in [-0.25, -0.2) is 9.59 Å². The third kappa shape index (κ3) is 3.12. The zero-order valence-electron chi connectivity index (χ0n) is 15.7. The van der Waals surface area contributed by atoms with Crippen molar-refractivity contribution in [2.24, 2.45) is 5.92 Å². The molecule has 1 N–H and O–H groups in total. The summed E-state index contributed by atoms with van der Waals surface area (Å²) in [4.78, 5) is 24.5. The third-order valence-corrected chi connectivity index (χ3v) is 5.77. The minimum atomic E-state index is -0.880. The van der Waals surface area contributed by atoms with E-state index in [1.165, 1.54) is 0 Å². The van der Waals surface area contributed by atoms with Crippen LogP contribution in [0.25, 0.3) is 0 Å². The largest absolute Gasteiger partial charge is 0.458 e. The molecule has 0 unspecified atom stereocenters. The van der Waals surface area contributed by atoms with Crippen LogP contribution >= 0.6 is 0 Å². The third-order valence-electron chi connectivity index (χ3n) is 5.77. The van der Waals surface area contributed by atoms with E-state index in [0.29, 0.717) is 12.0 Å². The lowest BCUT2D eigenvalue weighted by Gasteiger charge is -2.34. The Morgan fingerprint density at radius 1 is 1.50 bits per heavy atom. The molecular weight excluding hydrogens is 336 g/mol. The van der Waals surface area contributed by atoms with Gasteiger partial charge < -0.3 is 19.3 Å². The van der Waals surface area contributed by atoms with Gasteiger partial charge in [-0.3, -0.25) is 0 Å². The highest BCUT2D eigenvalue weighted by Gasteiger charge is 2.53. The summed E-state index contributed by atoms with van der Waals surface area (Å²) in [6.45, 7) is 11.0. The maximum absolute atomic E-state index is 12.4. The molecule has 0 aromatic rings. The van der Waals surface area contributed by atoms with Gasteiger partial charge in [0, 0.05) is 24.0 Å². The zero-order valence-corrected chi connectivity index (χ0v) is 15.7. The van der Waals surface area contributed by atoms with E-state index in [4.69, 9.17) is 14.2 Å². The average molecular weight is 362 g/mol. The maximum Gasteiger partial charge on any atom is 0.334 e. The SMILES string of the molecule is C=C1C(=O)O[C@@H]2/C=C(\C)[C@H]3C[C@H](O)[C@@](C)(C[C@@H](OC(=O)/C(C)=C\C)[C@@H]12)O3. The Bertz CT molecular complexity index is 705. The first-order valence-corrected chi connectivity index (χ1v) is 8.94. The summed E-state index contributed by atoms with van der Waals surface area (Å²) in [6.07, 6.45) is 2.02. The molecule has 0 aromatic carbocycles. The Kier molecular flexibility index (Phi) is 4.84. The van der Waals surface area contributed by atoms with Crippen molar-refractivity contribution in [2.45, 2.75) is 70.6 Å². The van der Waals surface area contributed by atoms with Gasteiger partial charge in [-0.2, -0.15) is 0 Å². The molecule has 0 aromatic heterocycles. The Hall–Kier alpha value is -1.92. The summed E-state index contributed by atoms with van der Waals surface area (Å²) in [6, 6.07) is 0. The number of carbonyl (C=O) groups excluding carboxylic acids is 2. The van der Waals surface area contributed by atoms with Crippen molar-refractivity contribution in [1.29, 1.82) is 0 Å². The fourth-order valence-electron chi connectivity index (χ4n) is 3.90. The van der Waals surface area contributed by atoms with Crippen LogP contribution in [0.1, 0.15) is 40.5 Å². The normalized spacial score (nSPS) is 42.1. The highest BCUT2D eigenvalue weighted by molar-refractivity contribution is 5.92. The van der Waals surface area contributed by atoms with Gasteiger partial charge >= 0.3 is 11.9 Å². The molecule has 2 bridgehead atoms. The Morgan fingerprint density at radius 2 is 2.19 bits per heavy atom. The molecule has 2 saturated heterocycles. The highest BCUT2D eigenvalue weighted by atomic mass is 16.6. The van der Waals surface area contributed by atoms with Gasteiger partial charge in [0.15, 0.2) is 0 Å². The fourth-order valence-corrected chi connectivity index (χ4v) is 3.90. The number of carbonyl (C=O) groups is 2. The van der Waals surface area contributed by atoms with Crippen LogP contribution in [0.15, 0.2) is 35.5 Å². The molecule has 26 heavy (non-hydrogen) atoms. The van der Waals surface area contributed by atoms with E-state index in [2.05, 4.69) is 6.58 Å². The van der Waals surface area contributed by atoms with Gasteiger partial charge in [0.2, 0.25) is 0 Å². The van der Waals surface area contributed by atoms with Gasteiger partial charge in [0.1, 0.15) is 12.2 Å². The van der Waals surface area contributed by atoms with E-state index < -0.39 is 41.8 Å². The second-order valence-electron chi connectivity index (χ2n) is 7.62. The topological polar surface area (TPSA) is 82.1 Å². The molecule has 0 aliphatic carbocycles. The average Bonchev–Trinajstić information content (AvgIpc) is 3.03. The Labute approximate surface area is 153 Å². The van der Waals surface area contributed by atoms with Crippen LogP contribution in [-0.4, -0.2) is 47.1 Å². The van der Waals surface area contributed by atoms with Crippen LogP contribution in [-0.2, 0) is 23.8 Å². The minimum absolute atomic E-state index is 0.255. The second-order valence-corrected chi connectivity index (χ2v) is 7.62. The molecule has 6 heteroatoms. The van der Waals surface area contributed by atoms with E-state index in [0.717, 1.165) is 5.57 Å². The first kappa shape index (κ1) is 18.9. The molecule has 3 heterocycles. The highest BCUT2D eigenvalue weighted by Crippen LogP contribution is 2.44. The number of rotatable bonds is 2. The molecule has 3 aliphatic rings. The monoisotopic (exact) mass is 362 g/mol. The van der Waals surface area contributed by atoms with Gasteiger partial charge in [0.05, 0.1) is 23.7 Å². The molecule has 0 amide bonds. The number of hydrogen-bond acceptors (Lipinski definition) is 6. The van der Waals surface area contributed by atoms with Crippen LogP contribution < -0.4 is 0 Å². The first-order valence-electron chi connectivity index (χ1n) is 8.94. The van der Waals surface area contributed by atoms with Gasteiger partial charge in [-0.15, -0.1) is 0 Å². The molecule has 0 radical (unpaired) electrons. The van der Waals surface area contributed by atoms with Crippen molar-refractivity contribution < 1.29 is 28.9 Å². The predicted octanol–water partition coefficient (Wildman–Crippen LogP) is 2.22. The van der Waals surface area contributed by atoms with Gasteiger partial charge in [-0.1, -0.05) is 12.7 Å². The molecule has 3 rings (SSSR count). The number of fused-ring (bicyclic) bond motifs is 3. The van der Waals surface area contributed by atoms with Crippen molar-refractivity contribution in [1.82, 2.24) is 0 Å². The molecular formula is C20H26O6. The lowest BCUT2D eigenvalue weighted by atomic mass is 9.81. The van der Waals surface area contributed by atoms with Crippen molar-refractivity contribution in [3.8, 4) is 0 Å². The van der Waals surface area contributed by atoms with E-state index in [9.17, 15) is 14.7 Å². The smallest absolute Gasteiger partial charge is 0.334 e. The van der Waals surface area contributed by atoms with E-state index >= 15 is 0 Å². The standard InChI is InChI=1S/C20H26O6/c1-6-10(2)18(22)25-15-9-20(5)16(21)8-13(26-20)11(3)7-14-17(15)12(4)19(23)24-14/h6-7,13-17,21H,4,8-9H2,1-3,5H3/b10-6-,11-7+/t13-,14-,15-,16+,17+,20-/m1/s1. The first-order chi connectivity index (χ1) is 12.2. The molecule has 0 saturated carbocycles. The maximum atomic E-state index is 12.4. The van der Waals surface area contributed by atoms with Crippen LogP contribution in [0.3, 0.4) is 0 Å². The fraction of sp³-hybridized carbons (Fsp3) is 0.600. The van der Waals surface area contributed by atoms with Crippen LogP contribution in [0.5, 0.6) is 0 Å². The Morgan fingerprint density at radius 3 is 2.85 bits per heavy atom. The zero-order chi connectivity index (χ0) is 19.2. The number of aliphatic hydroxyl groups is 1. The lowest BCUT2D eigenvalue weighted by molar-refractivity contribution is -0.154. The number of hydrogen-bond donors (Lipinski definition) is 1. The molecule has 3 aliphatic heterocycles. The predicted molar refractivity (Wildman–Crippen MR) is 94.1 cm³/mol. The van der Waals surface area contributed by atoms with E-state index in [-0.39, 0.29) is 18.1 Å². The molecule has 6 atom stereocenters. The Balaban J connectivity index is 2.02. The molecule has 142 valence electrons. The number of allylic oxidation sites excluding steroid dienone is 1. The number of aliphatic hydroxyl groups excluding tert-OH is 1. The van der Waals surface area contributed by atoms with Crippen molar-refractivity contribution >= 4 is 11.9 Å². The van der Waals surface area contributed by atoms with Crippen molar-refractivity contribution in [3.05, 3.63) is 35.5 Å². The lowest BCUT2D eigenvalue weighted by Crippen LogP contribution is -2.44. The quantitative estimate of drug-likeness (QED) is 0.461. The minimum Gasteiger partial charge on any atom is -0.458 e. The van der Waals surface area contributed by atoms with E-state index in [1.807, 2.05) is 19.9 Å². The summed E-state index contributed by atoms with van der Waals surface area (Å²) in [7, 11) is 0. The summed E-state index contributed by atoms with van der Waals surface area (Å²) in [5.74, 6) is -1.44. The molecule has 0 spiro atoms. The van der Waals surface area contributed by atoms with Gasteiger partial charge in [0.25, 0.3) is 0 Å². The van der Waals surface area contributed by atoms with E-state index in [1.54, 1.807) is 19.9 Å². The van der Waals surface area contributed by atoms with Crippen molar-refractivity contribution in [3.63, 3.8) is 0 Å². The summed E-state index contributed by atoms with van der Waals surface area (Å²) in [5.41, 5.74) is 0.766. The van der Waals surface area contributed by atoms with Crippen LogP contribution in [0.2, 0.25) is 0 Å². The van der Waals surface area contributed by atoms with Gasteiger partial charge in [-0.05, 0) is 39.3 Å². The summed E-state index contributed by atoms with van der Waals surface area (Å²) in [5, 5.41) is 10.6. The second kappa shape index (κ2) is 6.67. The van der Waals surface area contributed by atoms with Crippen LogP contribution in [0, 0.1) is 5.92 Å². The molecule has 6 nitrogen and oxygen atoms in total. The summed E-state index contributed by atoms with van der Waals surface area (Å²) < 4.78 is 17.3. The van der Waals surface area contributed by atoms with Crippen molar-refractivity contribution in [2.75, 3.05) is 0 Å². The number of esters is 2. The molecule has 2 fully saturated rings. The van der Waals surface area contributed by atoms with Crippen LogP contribution in [0.4, 0.5) is 0 Å².